The van der Waals surface area contributed by atoms with Gasteiger partial charge >= 0.3 is 0 Å². The number of halogens is 1. The van der Waals surface area contributed by atoms with Gasteiger partial charge in [-0.15, -0.1) is 23.1 Å². The van der Waals surface area contributed by atoms with E-state index in [1.54, 1.807) is 60.7 Å². The van der Waals surface area contributed by atoms with Crippen LogP contribution in [0, 0.1) is 0 Å². The van der Waals surface area contributed by atoms with Gasteiger partial charge < -0.3 is 20.7 Å². The molecule has 3 N–H and O–H groups in total. The Morgan fingerprint density at radius 2 is 1.67 bits per heavy atom. The summed E-state index contributed by atoms with van der Waals surface area (Å²) in [6.45, 7) is 0. The van der Waals surface area contributed by atoms with Gasteiger partial charge in [-0.2, -0.15) is 0 Å². The van der Waals surface area contributed by atoms with Gasteiger partial charge in [-0.25, -0.2) is 0 Å². The summed E-state index contributed by atoms with van der Waals surface area (Å²) < 4.78 is 5.12. The number of ether oxygens (including phenoxy) is 1. The molecule has 0 aliphatic carbocycles. The maximum Gasteiger partial charge on any atom is 0.272 e. The van der Waals surface area contributed by atoms with Crippen LogP contribution in [-0.2, 0) is 9.59 Å². The van der Waals surface area contributed by atoms with E-state index in [-0.39, 0.29) is 23.3 Å². The molecule has 0 aliphatic heterocycles. The number of carbonyl (C=O) groups is 3. The Morgan fingerprint density at radius 1 is 0.923 bits per heavy atom. The van der Waals surface area contributed by atoms with Gasteiger partial charge in [0.05, 0.1) is 17.9 Å². The number of rotatable bonds is 10. The van der Waals surface area contributed by atoms with E-state index in [4.69, 9.17) is 16.3 Å². The lowest BCUT2D eigenvalue weighted by Crippen LogP contribution is -2.30. The van der Waals surface area contributed by atoms with Crippen LogP contribution in [0.3, 0.4) is 0 Å². The fourth-order valence-corrected chi connectivity index (χ4v) is 4.99. The summed E-state index contributed by atoms with van der Waals surface area (Å²) in [5, 5.41) is 10.6. The van der Waals surface area contributed by atoms with Crippen molar-refractivity contribution in [3.05, 3.63) is 111 Å². The van der Waals surface area contributed by atoms with Crippen molar-refractivity contribution in [2.24, 2.45) is 0 Å². The second-order valence-electron chi connectivity index (χ2n) is 8.06. The maximum absolute atomic E-state index is 13.1. The predicted octanol–water partition coefficient (Wildman–Crippen LogP) is 6.55. The summed E-state index contributed by atoms with van der Waals surface area (Å²) in [5.41, 5.74) is 1.70. The molecule has 198 valence electrons. The van der Waals surface area contributed by atoms with Crippen LogP contribution in [0.15, 0.2) is 101 Å². The number of amides is 3. The SMILES string of the molecule is COc1ccc(NC(=O)CSc2ccc(NC(=O)/C(=C/c3cccs3)NC(=O)c3ccccc3)cc2)cc1Cl. The zero-order chi connectivity index (χ0) is 27.6. The molecule has 3 amide bonds. The molecule has 0 radical (unpaired) electrons. The molecule has 0 saturated carbocycles. The minimum absolute atomic E-state index is 0.125. The largest absolute Gasteiger partial charge is 0.495 e. The van der Waals surface area contributed by atoms with Crippen LogP contribution >= 0.6 is 34.7 Å². The van der Waals surface area contributed by atoms with E-state index in [0.29, 0.717) is 27.7 Å². The molecular formula is C29H24ClN3O4S2. The molecule has 10 heteroatoms. The Morgan fingerprint density at radius 3 is 2.33 bits per heavy atom. The molecule has 0 saturated heterocycles. The highest BCUT2D eigenvalue weighted by molar-refractivity contribution is 8.00. The highest BCUT2D eigenvalue weighted by Crippen LogP contribution is 2.27. The number of thioether (sulfide) groups is 1. The van der Waals surface area contributed by atoms with Gasteiger partial charge in [-0.1, -0.05) is 35.9 Å². The van der Waals surface area contributed by atoms with Crippen LogP contribution in [0.5, 0.6) is 5.75 Å². The van der Waals surface area contributed by atoms with Crippen LogP contribution in [0.1, 0.15) is 15.2 Å². The minimum Gasteiger partial charge on any atom is -0.495 e. The lowest BCUT2D eigenvalue weighted by molar-refractivity contribution is -0.114. The molecule has 0 bridgehead atoms. The number of hydrogen-bond donors (Lipinski definition) is 3. The molecule has 0 fully saturated rings. The molecule has 0 unspecified atom stereocenters. The number of hydrogen-bond acceptors (Lipinski definition) is 6. The Labute approximate surface area is 239 Å². The third-order valence-corrected chi connectivity index (χ3v) is 7.40. The molecule has 4 aromatic rings. The third kappa shape index (κ3) is 8.22. The van der Waals surface area contributed by atoms with Crippen LogP contribution in [-0.4, -0.2) is 30.6 Å². The number of benzene rings is 3. The van der Waals surface area contributed by atoms with E-state index in [2.05, 4.69) is 16.0 Å². The first kappa shape index (κ1) is 28.0. The number of anilines is 2. The van der Waals surface area contributed by atoms with Gasteiger partial charge in [0.1, 0.15) is 11.4 Å². The molecule has 7 nitrogen and oxygen atoms in total. The number of nitrogens with one attached hydrogen (secondary N) is 3. The zero-order valence-electron chi connectivity index (χ0n) is 20.8. The lowest BCUT2D eigenvalue weighted by atomic mass is 10.2. The van der Waals surface area contributed by atoms with Crippen molar-refractivity contribution in [1.29, 1.82) is 0 Å². The van der Waals surface area contributed by atoms with E-state index >= 15 is 0 Å². The first-order valence-corrected chi connectivity index (χ1v) is 13.9. The molecule has 0 aliphatic rings. The summed E-state index contributed by atoms with van der Waals surface area (Å²) in [4.78, 5) is 39.8. The van der Waals surface area contributed by atoms with Crippen molar-refractivity contribution in [2.45, 2.75) is 4.90 Å². The molecule has 39 heavy (non-hydrogen) atoms. The molecule has 0 spiro atoms. The smallest absolute Gasteiger partial charge is 0.272 e. The number of methoxy groups -OCH3 is 1. The zero-order valence-corrected chi connectivity index (χ0v) is 23.2. The topological polar surface area (TPSA) is 96.5 Å². The van der Waals surface area contributed by atoms with Crippen LogP contribution in [0.2, 0.25) is 5.02 Å². The van der Waals surface area contributed by atoms with Gasteiger partial charge in [-0.3, -0.25) is 14.4 Å². The Bertz CT molecular complexity index is 1470. The molecule has 3 aromatic carbocycles. The van der Waals surface area contributed by atoms with E-state index in [1.807, 2.05) is 35.7 Å². The van der Waals surface area contributed by atoms with Crippen LogP contribution in [0.4, 0.5) is 11.4 Å². The minimum atomic E-state index is -0.453. The second-order valence-corrected chi connectivity index (χ2v) is 10.5. The summed E-state index contributed by atoms with van der Waals surface area (Å²) >= 11 is 8.92. The molecule has 4 rings (SSSR count). The summed E-state index contributed by atoms with van der Waals surface area (Å²) in [5.74, 6) is -0.296. The summed E-state index contributed by atoms with van der Waals surface area (Å²) in [6, 6.07) is 24.5. The van der Waals surface area contributed by atoms with Gasteiger partial charge in [0, 0.05) is 26.7 Å². The van der Waals surface area contributed by atoms with E-state index in [9.17, 15) is 14.4 Å². The van der Waals surface area contributed by atoms with Crippen molar-refractivity contribution < 1.29 is 19.1 Å². The average Bonchev–Trinajstić information content (AvgIpc) is 3.46. The maximum atomic E-state index is 13.1. The summed E-state index contributed by atoms with van der Waals surface area (Å²) in [6.07, 6.45) is 1.64. The van der Waals surface area contributed by atoms with E-state index in [1.165, 1.54) is 30.2 Å². The van der Waals surface area contributed by atoms with Crippen molar-refractivity contribution in [2.75, 3.05) is 23.5 Å². The van der Waals surface area contributed by atoms with Gasteiger partial charge in [-0.05, 0) is 72.1 Å². The van der Waals surface area contributed by atoms with Crippen molar-refractivity contribution >= 4 is 69.9 Å². The Hall–Kier alpha value is -4.05. The quantitative estimate of drug-likeness (QED) is 0.147. The van der Waals surface area contributed by atoms with Crippen LogP contribution in [0.25, 0.3) is 6.08 Å². The summed E-state index contributed by atoms with van der Waals surface area (Å²) in [7, 11) is 1.53. The molecule has 0 atom stereocenters. The second kappa shape index (κ2) is 13.7. The monoisotopic (exact) mass is 577 g/mol. The molecular weight excluding hydrogens is 554 g/mol. The normalized spacial score (nSPS) is 11.0. The van der Waals surface area contributed by atoms with E-state index < -0.39 is 5.91 Å². The highest BCUT2D eigenvalue weighted by atomic mass is 35.5. The first-order valence-electron chi connectivity index (χ1n) is 11.7. The predicted molar refractivity (Wildman–Crippen MR) is 159 cm³/mol. The fraction of sp³-hybridized carbons (Fsp3) is 0.0690. The lowest BCUT2D eigenvalue weighted by Gasteiger charge is -2.11. The van der Waals surface area contributed by atoms with Crippen molar-refractivity contribution in [3.8, 4) is 5.75 Å². The third-order valence-electron chi connectivity index (χ3n) is 5.28. The molecule has 1 aromatic heterocycles. The molecule has 1 heterocycles. The Balaban J connectivity index is 1.35. The van der Waals surface area contributed by atoms with Gasteiger partial charge in [0.2, 0.25) is 5.91 Å². The van der Waals surface area contributed by atoms with E-state index in [0.717, 1.165) is 9.77 Å². The Kier molecular flexibility index (Phi) is 9.80. The van der Waals surface area contributed by atoms with Gasteiger partial charge in [0.25, 0.3) is 11.8 Å². The average molecular weight is 578 g/mol. The highest BCUT2D eigenvalue weighted by Gasteiger charge is 2.15. The van der Waals surface area contributed by atoms with Crippen molar-refractivity contribution in [1.82, 2.24) is 5.32 Å². The fourth-order valence-electron chi connectivity index (χ4n) is 3.38. The number of thiophene rings is 1. The first-order chi connectivity index (χ1) is 18.9. The van der Waals surface area contributed by atoms with Crippen molar-refractivity contribution in [3.63, 3.8) is 0 Å². The standard InChI is InChI=1S/C29H24ClN3O4S2/c1-37-26-14-11-21(16-24(26)30)31-27(34)18-39-22-12-9-20(10-13-22)32-29(36)25(17-23-8-5-15-38-23)33-28(35)19-6-3-2-4-7-19/h2-17H,18H2,1H3,(H,31,34)(H,32,36)(H,33,35)/b25-17-. The number of carbonyl (C=O) groups excluding carboxylic acids is 3. The van der Waals surface area contributed by atoms with Crippen LogP contribution < -0.4 is 20.7 Å². The van der Waals surface area contributed by atoms with Gasteiger partial charge in [0.15, 0.2) is 0 Å².